The van der Waals surface area contributed by atoms with Gasteiger partial charge < -0.3 is 15.1 Å². The number of aryl methyl sites for hydroxylation is 1. The summed E-state index contributed by atoms with van der Waals surface area (Å²) in [5.74, 6) is 0.632. The minimum Gasteiger partial charge on any atom is -0.338 e. The van der Waals surface area contributed by atoms with Gasteiger partial charge in [0.1, 0.15) is 0 Å². The van der Waals surface area contributed by atoms with E-state index in [9.17, 15) is 9.59 Å². The number of nitrogens with zero attached hydrogens (tertiary/aromatic N) is 2. The van der Waals surface area contributed by atoms with Gasteiger partial charge in [0.15, 0.2) is 0 Å². The van der Waals surface area contributed by atoms with Crippen LogP contribution in [0.1, 0.15) is 36.2 Å². The molecule has 1 N–H and O–H groups in total. The van der Waals surface area contributed by atoms with Crippen LogP contribution in [-0.2, 0) is 0 Å². The quantitative estimate of drug-likeness (QED) is 0.927. The van der Waals surface area contributed by atoms with Crippen LogP contribution in [0.25, 0.3) is 0 Å². The monoisotopic (exact) mass is 317 g/mol. The fourth-order valence-electron chi connectivity index (χ4n) is 2.65. The smallest absolute Gasteiger partial charge is 0.317 e. The molecule has 0 aromatic heterocycles. The summed E-state index contributed by atoms with van der Waals surface area (Å²) in [7, 11) is 0. The van der Waals surface area contributed by atoms with Crippen LogP contribution in [0.3, 0.4) is 0 Å². The van der Waals surface area contributed by atoms with Crippen LogP contribution < -0.4 is 5.32 Å². The maximum Gasteiger partial charge on any atom is 0.317 e. The van der Waals surface area contributed by atoms with Crippen LogP contribution in [0.5, 0.6) is 0 Å². The molecule has 1 saturated heterocycles. The summed E-state index contributed by atoms with van der Waals surface area (Å²) in [4.78, 5) is 28.2. The van der Waals surface area contributed by atoms with Crippen molar-refractivity contribution in [2.45, 2.75) is 27.2 Å². The highest BCUT2D eigenvalue weighted by molar-refractivity contribution is 5.94. The van der Waals surface area contributed by atoms with E-state index in [0.29, 0.717) is 38.6 Å². The molecule has 1 aliphatic rings. The second-order valence-corrected chi connectivity index (χ2v) is 6.56. The van der Waals surface area contributed by atoms with Gasteiger partial charge in [-0.05, 0) is 31.4 Å². The zero-order valence-electron chi connectivity index (χ0n) is 14.3. The van der Waals surface area contributed by atoms with Gasteiger partial charge in [-0.3, -0.25) is 4.79 Å². The number of nitrogens with one attached hydrogen (secondary N) is 1. The van der Waals surface area contributed by atoms with Gasteiger partial charge >= 0.3 is 6.03 Å². The topological polar surface area (TPSA) is 52.7 Å². The summed E-state index contributed by atoms with van der Waals surface area (Å²) in [6.07, 6.45) is 0.984. The predicted molar refractivity (Wildman–Crippen MR) is 91.5 cm³/mol. The molecule has 2 rings (SSSR count). The Morgan fingerprint density at radius 2 is 1.78 bits per heavy atom. The number of urea groups is 1. The van der Waals surface area contributed by atoms with Gasteiger partial charge in [-0.15, -0.1) is 0 Å². The van der Waals surface area contributed by atoms with Gasteiger partial charge in [0, 0.05) is 38.3 Å². The summed E-state index contributed by atoms with van der Waals surface area (Å²) in [5, 5.41) is 2.95. The van der Waals surface area contributed by atoms with E-state index in [0.717, 1.165) is 17.5 Å². The largest absolute Gasteiger partial charge is 0.338 e. The van der Waals surface area contributed by atoms with E-state index in [2.05, 4.69) is 19.2 Å². The third kappa shape index (κ3) is 4.98. The van der Waals surface area contributed by atoms with Crippen molar-refractivity contribution in [2.75, 3.05) is 32.7 Å². The van der Waals surface area contributed by atoms with Crippen molar-refractivity contribution in [1.29, 1.82) is 0 Å². The molecule has 0 saturated carbocycles. The molecule has 3 amide bonds. The van der Waals surface area contributed by atoms with Crippen molar-refractivity contribution < 1.29 is 9.59 Å². The van der Waals surface area contributed by atoms with Gasteiger partial charge in [0.05, 0.1) is 0 Å². The zero-order valence-corrected chi connectivity index (χ0v) is 14.3. The fourth-order valence-corrected chi connectivity index (χ4v) is 2.65. The number of rotatable bonds is 4. The number of hydrogen-bond acceptors (Lipinski definition) is 2. The highest BCUT2D eigenvalue weighted by Crippen LogP contribution is 2.11. The Morgan fingerprint density at radius 3 is 2.39 bits per heavy atom. The van der Waals surface area contributed by atoms with Crippen LogP contribution in [0, 0.1) is 12.8 Å². The molecule has 1 aliphatic heterocycles. The normalized spacial score (nSPS) is 15.0. The number of carbonyl (C=O) groups excluding carboxylic acids is 2. The molecule has 126 valence electrons. The van der Waals surface area contributed by atoms with Crippen LogP contribution in [-0.4, -0.2) is 54.5 Å². The number of carbonyl (C=O) groups is 2. The molecule has 5 nitrogen and oxygen atoms in total. The fraction of sp³-hybridized carbons (Fsp3) is 0.556. The van der Waals surface area contributed by atoms with Crippen molar-refractivity contribution in [3.05, 3.63) is 35.4 Å². The van der Waals surface area contributed by atoms with Crippen LogP contribution in [0.2, 0.25) is 0 Å². The second-order valence-electron chi connectivity index (χ2n) is 6.56. The zero-order chi connectivity index (χ0) is 16.8. The Morgan fingerprint density at radius 1 is 1.13 bits per heavy atom. The molecule has 0 bridgehead atoms. The van der Waals surface area contributed by atoms with Gasteiger partial charge in [-0.25, -0.2) is 4.79 Å². The second kappa shape index (κ2) is 7.99. The third-order valence-electron chi connectivity index (χ3n) is 4.12. The van der Waals surface area contributed by atoms with Crippen molar-refractivity contribution >= 4 is 11.9 Å². The molecule has 0 aliphatic carbocycles. The molecule has 23 heavy (non-hydrogen) atoms. The highest BCUT2D eigenvalue weighted by Gasteiger charge is 2.24. The van der Waals surface area contributed by atoms with Gasteiger partial charge in [0.25, 0.3) is 5.91 Å². The SMILES string of the molecule is Cc1cccc(C(=O)N2CCN(C(=O)NCCC(C)C)CC2)c1. The first-order valence-corrected chi connectivity index (χ1v) is 8.36. The molecule has 0 radical (unpaired) electrons. The Bertz CT molecular complexity index is 549. The van der Waals surface area contributed by atoms with E-state index >= 15 is 0 Å². The van der Waals surface area contributed by atoms with Crippen molar-refractivity contribution in [3.8, 4) is 0 Å². The highest BCUT2D eigenvalue weighted by atomic mass is 16.2. The third-order valence-corrected chi connectivity index (χ3v) is 4.12. The summed E-state index contributed by atoms with van der Waals surface area (Å²) >= 11 is 0. The van der Waals surface area contributed by atoms with Crippen LogP contribution in [0.15, 0.2) is 24.3 Å². The molecule has 0 atom stereocenters. The van der Waals surface area contributed by atoms with Crippen LogP contribution >= 0.6 is 0 Å². The summed E-state index contributed by atoms with van der Waals surface area (Å²) in [5.41, 5.74) is 1.80. The lowest BCUT2D eigenvalue weighted by molar-refractivity contribution is 0.0665. The Hall–Kier alpha value is -2.04. The molecule has 0 unspecified atom stereocenters. The molecule has 1 heterocycles. The van der Waals surface area contributed by atoms with Crippen LogP contribution in [0.4, 0.5) is 4.79 Å². The summed E-state index contributed by atoms with van der Waals surface area (Å²) in [6, 6.07) is 7.62. The van der Waals surface area contributed by atoms with Crippen molar-refractivity contribution in [1.82, 2.24) is 15.1 Å². The number of benzene rings is 1. The van der Waals surface area contributed by atoms with Crippen molar-refractivity contribution in [2.24, 2.45) is 5.92 Å². The first kappa shape index (κ1) is 17.3. The Labute approximate surface area is 138 Å². The van der Waals surface area contributed by atoms with E-state index < -0.39 is 0 Å². The lowest BCUT2D eigenvalue weighted by atomic mass is 10.1. The maximum atomic E-state index is 12.5. The minimum absolute atomic E-state index is 0.0201. The molecule has 5 heteroatoms. The molecule has 1 fully saturated rings. The Balaban J connectivity index is 1.81. The molecule has 1 aromatic carbocycles. The summed E-state index contributed by atoms with van der Waals surface area (Å²) < 4.78 is 0. The van der Waals surface area contributed by atoms with Crippen molar-refractivity contribution in [3.63, 3.8) is 0 Å². The van der Waals surface area contributed by atoms with E-state index in [1.807, 2.05) is 36.1 Å². The maximum absolute atomic E-state index is 12.5. The molecule has 1 aromatic rings. The molecular weight excluding hydrogens is 290 g/mol. The number of hydrogen-bond donors (Lipinski definition) is 1. The average molecular weight is 317 g/mol. The average Bonchev–Trinajstić information content (AvgIpc) is 2.54. The lowest BCUT2D eigenvalue weighted by Gasteiger charge is -2.34. The van der Waals surface area contributed by atoms with E-state index in [4.69, 9.17) is 0 Å². The predicted octanol–water partition coefficient (Wildman–Crippen LogP) is 2.51. The number of piperazine rings is 1. The van der Waals surface area contributed by atoms with E-state index in [-0.39, 0.29) is 11.9 Å². The molecular formula is C18H27N3O2. The minimum atomic E-state index is -0.0201. The first-order chi connectivity index (χ1) is 11.0. The Kier molecular flexibility index (Phi) is 6.02. The standard InChI is InChI=1S/C18H27N3O2/c1-14(2)7-8-19-18(23)21-11-9-20(10-12-21)17(22)16-6-4-5-15(3)13-16/h4-6,13-14H,7-12H2,1-3H3,(H,19,23). The van der Waals surface area contributed by atoms with Gasteiger partial charge in [0.2, 0.25) is 0 Å². The van der Waals surface area contributed by atoms with Gasteiger partial charge in [-0.1, -0.05) is 31.5 Å². The van der Waals surface area contributed by atoms with Gasteiger partial charge in [-0.2, -0.15) is 0 Å². The number of amides is 3. The molecule has 0 spiro atoms. The lowest BCUT2D eigenvalue weighted by Crippen LogP contribution is -2.53. The summed E-state index contributed by atoms with van der Waals surface area (Å²) in [6.45, 7) is 9.32. The first-order valence-electron chi connectivity index (χ1n) is 8.36. The van der Waals surface area contributed by atoms with E-state index in [1.54, 1.807) is 4.90 Å². The van der Waals surface area contributed by atoms with E-state index in [1.165, 1.54) is 0 Å².